The van der Waals surface area contributed by atoms with Gasteiger partial charge in [0.15, 0.2) is 0 Å². The van der Waals surface area contributed by atoms with Crippen molar-refractivity contribution >= 4 is 5.71 Å². The van der Waals surface area contributed by atoms with Gasteiger partial charge in [-0.15, -0.1) is 0 Å². The lowest BCUT2D eigenvalue weighted by atomic mass is 9.78. The number of hydrogen-bond acceptors (Lipinski definition) is 2. The summed E-state index contributed by atoms with van der Waals surface area (Å²) in [6.45, 7) is 2.70. The molecule has 0 saturated carbocycles. The molecule has 0 spiro atoms. The fourth-order valence-electron chi connectivity index (χ4n) is 4.24. The molecule has 27 heavy (non-hydrogen) atoms. The number of aliphatic imine (C=N–C) groups is 1. The molecule has 0 amide bonds. The molecule has 1 aromatic rings. The number of rotatable bonds is 2. The summed E-state index contributed by atoms with van der Waals surface area (Å²) >= 11 is 0. The Morgan fingerprint density at radius 2 is 1.96 bits per heavy atom. The molecule has 0 radical (unpaired) electrons. The first-order valence-electron chi connectivity index (χ1n) is 8.98. The molecule has 1 fully saturated rings. The minimum atomic E-state index is -4.24. The molecule has 0 N–H and O–H groups in total. The van der Waals surface area contributed by atoms with Gasteiger partial charge in [0.05, 0.1) is 5.92 Å². The summed E-state index contributed by atoms with van der Waals surface area (Å²) in [5.74, 6) is -2.85. The number of fused-ring (bicyclic) bond motifs is 1. The molecule has 144 valence electrons. The molecule has 2 aliphatic heterocycles. The molecule has 2 heterocycles. The highest BCUT2D eigenvalue weighted by molar-refractivity contribution is 6.03. The smallest absolute Gasteiger partial charge is 0.278 e. The Morgan fingerprint density at radius 3 is 2.59 bits per heavy atom. The summed E-state index contributed by atoms with van der Waals surface area (Å²) < 4.78 is 65.8. The van der Waals surface area contributed by atoms with Gasteiger partial charge in [-0.1, -0.05) is 24.3 Å². The summed E-state index contributed by atoms with van der Waals surface area (Å²) in [5, 5.41) is 0. The van der Waals surface area contributed by atoms with E-state index < -0.39 is 23.7 Å². The van der Waals surface area contributed by atoms with Crippen LogP contribution < -0.4 is 0 Å². The quantitative estimate of drug-likeness (QED) is 0.658. The van der Waals surface area contributed by atoms with E-state index in [1.54, 1.807) is 6.08 Å². The molecule has 2 nitrogen and oxygen atoms in total. The fraction of sp³-hybridized carbons (Fsp3) is 0.450. The predicted octanol–water partition coefficient (Wildman–Crippen LogP) is 4.99. The van der Waals surface area contributed by atoms with E-state index in [2.05, 4.69) is 4.90 Å². The molecule has 7 heteroatoms. The summed E-state index contributed by atoms with van der Waals surface area (Å²) in [5.41, 5.74) is 1.90. The Kier molecular flexibility index (Phi) is 4.45. The molecule has 1 aromatic carbocycles. The molecule has 3 aliphatic rings. The maximum Gasteiger partial charge on any atom is 0.395 e. The number of benzene rings is 1. The summed E-state index contributed by atoms with van der Waals surface area (Å²) in [7, 11) is 0. The van der Waals surface area contributed by atoms with E-state index in [1.807, 2.05) is 6.92 Å². The van der Waals surface area contributed by atoms with Crippen molar-refractivity contribution in [1.82, 2.24) is 4.90 Å². The van der Waals surface area contributed by atoms with Crippen LogP contribution in [-0.2, 0) is 0 Å². The van der Waals surface area contributed by atoms with E-state index in [9.17, 15) is 22.0 Å². The SMILES string of the molecule is CC1C(c2ccc(F)cc2F)C2N=C(C3=CCC(C(F)(F)F)C=C3)CCN12. The van der Waals surface area contributed by atoms with Crippen molar-refractivity contribution in [1.29, 1.82) is 0 Å². The lowest BCUT2D eigenvalue weighted by molar-refractivity contribution is -0.160. The zero-order valence-electron chi connectivity index (χ0n) is 14.7. The van der Waals surface area contributed by atoms with Crippen LogP contribution in [0.4, 0.5) is 22.0 Å². The maximum absolute atomic E-state index is 14.2. The standard InChI is InChI=1S/C20H19F5N2/c1-11-18(15-7-6-14(21)10-16(15)22)19-26-17(8-9-27(11)19)12-2-4-13(5-3-12)20(23,24)25/h2-4,6-7,10-11,13,18-19H,5,8-9H2,1H3. The van der Waals surface area contributed by atoms with Gasteiger partial charge in [0.1, 0.15) is 17.8 Å². The van der Waals surface area contributed by atoms with Crippen LogP contribution in [0.2, 0.25) is 0 Å². The van der Waals surface area contributed by atoms with Crippen molar-refractivity contribution in [2.75, 3.05) is 6.54 Å². The Bertz CT molecular complexity index is 839. The van der Waals surface area contributed by atoms with Crippen LogP contribution in [0.15, 0.2) is 47.0 Å². The lowest BCUT2D eigenvalue weighted by Crippen LogP contribution is -2.62. The number of hydrogen-bond donors (Lipinski definition) is 0. The molecule has 4 rings (SSSR count). The molecule has 1 saturated heterocycles. The van der Waals surface area contributed by atoms with Gasteiger partial charge in [0.2, 0.25) is 0 Å². The zero-order valence-corrected chi connectivity index (χ0v) is 14.7. The average Bonchev–Trinajstić information content (AvgIpc) is 2.62. The first-order chi connectivity index (χ1) is 12.8. The fourth-order valence-corrected chi connectivity index (χ4v) is 4.24. The van der Waals surface area contributed by atoms with Crippen LogP contribution >= 0.6 is 0 Å². The Balaban J connectivity index is 1.57. The first kappa shape index (κ1) is 18.3. The minimum absolute atomic E-state index is 0.0748. The van der Waals surface area contributed by atoms with Gasteiger partial charge in [-0.3, -0.25) is 9.89 Å². The Morgan fingerprint density at radius 1 is 1.19 bits per heavy atom. The Labute approximate surface area is 154 Å². The van der Waals surface area contributed by atoms with Crippen molar-refractivity contribution in [3.05, 3.63) is 59.2 Å². The van der Waals surface area contributed by atoms with Crippen molar-refractivity contribution in [3.8, 4) is 0 Å². The monoisotopic (exact) mass is 382 g/mol. The third-order valence-electron chi connectivity index (χ3n) is 5.77. The highest BCUT2D eigenvalue weighted by atomic mass is 19.4. The van der Waals surface area contributed by atoms with Crippen molar-refractivity contribution < 1.29 is 22.0 Å². The number of nitrogens with zero attached hydrogens (tertiary/aromatic N) is 2. The van der Waals surface area contributed by atoms with Gasteiger partial charge < -0.3 is 0 Å². The van der Waals surface area contributed by atoms with Gasteiger partial charge in [0.25, 0.3) is 0 Å². The zero-order chi connectivity index (χ0) is 19.3. The normalized spacial score (nSPS) is 31.0. The molecule has 4 unspecified atom stereocenters. The number of halogens is 5. The van der Waals surface area contributed by atoms with Crippen molar-refractivity contribution in [2.45, 2.75) is 44.1 Å². The second-order valence-corrected chi connectivity index (χ2v) is 7.31. The molecule has 4 atom stereocenters. The highest BCUT2D eigenvalue weighted by Gasteiger charge is 2.49. The van der Waals surface area contributed by atoms with Gasteiger partial charge >= 0.3 is 6.18 Å². The summed E-state index contributed by atoms with van der Waals surface area (Å²) in [4.78, 5) is 6.86. The van der Waals surface area contributed by atoms with E-state index in [-0.39, 0.29) is 24.5 Å². The molecule has 0 bridgehead atoms. The topological polar surface area (TPSA) is 15.6 Å². The third kappa shape index (κ3) is 3.22. The average molecular weight is 382 g/mol. The van der Waals surface area contributed by atoms with Gasteiger partial charge in [0, 0.05) is 36.7 Å². The second-order valence-electron chi connectivity index (χ2n) is 7.31. The first-order valence-corrected chi connectivity index (χ1v) is 8.98. The third-order valence-corrected chi connectivity index (χ3v) is 5.77. The second kappa shape index (κ2) is 6.55. The maximum atomic E-state index is 14.2. The van der Waals surface area contributed by atoms with Crippen LogP contribution in [-0.4, -0.2) is 35.5 Å². The van der Waals surface area contributed by atoms with Crippen LogP contribution in [0.1, 0.15) is 31.2 Å². The largest absolute Gasteiger partial charge is 0.395 e. The Hall–Kier alpha value is -2.02. The van der Waals surface area contributed by atoms with Gasteiger partial charge in [-0.05, 0) is 30.5 Å². The van der Waals surface area contributed by atoms with E-state index in [0.717, 1.165) is 18.3 Å². The van der Waals surface area contributed by atoms with Crippen molar-refractivity contribution in [2.24, 2.45) is 10.9 Å². The molecular weight excluding hydrogens is 363 g/mol. The number of allylic oxidation sites excluding steroid dienone is 4. The van der Waals surface area contributed by atoms with Crippen LogP contribution in [0, 0.1) is 17.6 Å². The molecule has 1 aliphatic carbocycles. The lowest BCUT2D eigenvalue weighted by Gasteiger charge is -2.54. The van der Waals surface area contributed by atoms with E-state index in [1.165, 1.54) is 24.3 Å². The van der Waals surface area contributed by atoms with E-state index in [4.69, 9.17) is 4.99 Å². The molecular formula is C20H19F5N2. The van der Waals surface area contributed by atoms with Crippen molar-refractivity contribution in [3.63, 3.8) is 0 Å². The van der Waals surface area contributed by atoms with E-state index in [0.29, 0.717) is 17.6 Å². The van der Waals surface area contributed by atoms with Crippen LogP contribution in [0.25, 0.3) is 0 Å². The number of alkyl halides is 3. The van der Waals surface area contributed by atoms with Crippen LogP contribution in [0.5, 0.6) is 0 Å². The highest BCUT2D eigenvalue weighted by Crippen LogP contribution is 2.44. The predicted molar refractivity (Wildman–Crippen MR) is 92.5 cm³/mol. The van der Waals surface area contributed by atoms with Gasteiger partial charge in [-0.2, -0.15) is 13.2 Å². The molecule has 0 aromatic heterocycles. The summed E-state index contributed by atoms with van der Waals surface area (Å²) in [6.07, 6.45) is 0.316. The summed E-state index contributed by atoms with van der Waals surface area (Å²) in [6, 6.07) is 3.65. The minimum Gasteiger partial charge on any atom is -0.278 e. The van der Waals surface area contributed by atoms with Gasteiger partial charge in [-0.25, -0.2) is 8.78 Å². The van der Waals surface area contributed by atoms with E-state index >= 15 is 0 Å². The van der Waals surface area contributed by atoms with Crippen LogP contribution in [0.3, 0.4) is 0 Å².